The second-order valence-electron chi connectivity index (χ2n) is 8.41. The van der Waals surface area contributed by atoms with E-state index in [0.29, 0.717) is 31.1 Å². The van der Waals surface area contributed by atoms with Gasteiger partial charge in [0.05, 0.1) is 5.69 Å². The Morgan fingerprint density at radius 1 is 1.00 bits per heavy atom. The van der Waals surface area contributed by atoms with Crippen LogP contribution in [0.5, 0.6) is 17.2 Å². The number of amides is 2. The van der Waals surface area contributed by atoms with E-state index in [4.69, 9.17) is 14.2 Å². The topological polar surface area (TPSA) is 71.6 Å². The van der Waals surface area contributed by atoms with Crippen molar-refractivity contribution in [3.05, 3.63) is 48.0 Å². The van der Waals surface area contributed by atoms with Crippen LogP contribution in [0.25, 0.3) is 0 Å². The summed E-state index contributed by atoms with van der Waals surface area (Å²) in [5, 5.41) is 0. The number of hydrogen-bond donors (Lipinski definition) is 0. The highest BCUT2D eigenvalue weighted by Gasteiger charge is 2.52. The molecule has 1 fully saturated rings. The molecule has 1 unspecified atom stereocenters. The van der Waals surface area contributed by atoms with Gasteiger partial charge >= 0.3 is 0 Å². The average Bonchev–Trinajstić information content (AvgIpc) is 3.28. The molecule has 2 aromatic rings. The monoisotopic (exact) mass is 437 g/mol. The number of hydrogen-bond acceptors (Lipinski definition) is 6. The molecule has 168 valence electrons. The molecule has 0 N–H and O–H groups in total. The fraction of sp³-hybridized carbons (Fsp3) is 0.417. The second-order valence-corrected chi connectivity index (χ2v) is 8.41. The number of rotatable bonds is 4. The molecule has 0 spiro atoms. The first-order valence-electron chi connectivity index (χ1n) is 11.0. The van der Waals surface area contributed by atoms with E-state index in [1.54, 1.807) is 22.8 Å². The van der Waals surface area contributed by atoms with Crippen molar-refractivity contribution in [2.45, 2.75) is 26.0 Å². The molecule has 3 aliphatic rings. The largest absolute Gasteiger partial charge is 0.465 e. The summed E-state index contributed by atoms with van der Waals surface area (Å²) in [7, 11) is 0. The summed E-state index contributed by atoms with van der Waals surface area (Å²) in [6.45, 7) is 7.53. The van der Waals surface area contributed by atoms with E-state index >= 15 is 0 Å². The molecule has 2 amide bonds. The van der Waals surface area contributed by atoms with Crippen LogP contribution in [-0.2, 0) is 16.1 Å². The number of likely N-dealkylation sites (N-methyl/N-ethyl adjacent to an activating group) is 1. The van der Waals surface area contributed by atoms with Gasteiger partial charge in [0.1, 0.15) is 5.75 Å². The third kappa shape index (κ3) is 3.44. The third-order valence-corrected chi connectivity index (χ3v) is 6.35. The van der Waals surface area contributed by atoms with Gasteiger partial charge in [0.15, 0.2) is 11.5 Å². The third-order valence-electron chi connectivity index (χ3n) is 6.35. The minimum atomic E-state index is -1.55. The number of ether oxygens (including phenoxy) is 3. The van der Waals surface area contributed by atoms with Crippen LogP contribution in [0.1, 0.15) is 19.4 Å². The molecule has 3 heterocycles. The van der Waals surface area contributed by atoms with Gasteiger partial charge in [-0.2, -0.15) is 0 Å². The van der Waals surface area contributed by atoms with Gasteiger partial charge in [0, 0.05) is 39.3 Å². The highest BCUT2D eigenvalue weighted by atomic mass is 16.7. The van der Waals surface area contributed by atoms with Crippen LogP contribution in [-0.4, -0.2) is 66.7 Å². The minimum Gasteiger partial charge on any atom is -0.465 e. The van der Waals surface area contributed by atoms with E-state index in [9.17, 15) is 9.59 Å². The van der Waals surface area contributed by atoms with Gasteiger partial charge in [-0.1, -0.05) is 18.2 Å². The van der Waals surface area contributed by atoms with Crippen LogP contribution < -0.4 is 19.1 Å². The Balaban J connectivity index is 1.25. The van der Waals surface area contributed by atoms with Crippen molar-refractivity contribution < 1.29 is 23.8 Å². The number of para-hydroxylation sites is 2. The SMILES string of the molecule is CCN1C(=O)C(C)(C(=O)N2CCN(Cc3ccc4c(c3)OCO4)CC2)Oc2ccccc21. The molecule has 0 bridgehead atoms. The van der Waals surface area contributed by atoms with Crippen molar-refractivity contribution in [2.24, 2.45) is 0 Å². The van der Waals surface area contributed by atoms with Crippen molar-refractivity contribution in [2.75, 3.05) is 44.4 Å². The lowest BCUT2D eigenvalue weighted by atomic mass is 9.98. The lowest BCUT2D eigenvalue weighted by Gasteiger charge is -2.43. The van der Waals surface area contributed by atoms with Crippen LogP contribution in [0, 0.1) is 0 Å². The van der Waals surface area contributed by atoms with Crippen molar-refractivity contribution in [1.29, 1.82) is 0 Å². The quantitative estimate of drug-likeness (QED) is 0.684. The highest BCUT2D eigenvalue weighted by molar-refractivity contribution is 6.16. The molecule has 0 radical (unpaired) electrons. The van der Waals surface area contributed by atoms with Gasteiger partial charge < -0.3 is 24.0 Å². The average molecular weight is 437 g/mol. The molecule has 0 aliphatic carbocycles. The summed E-state index contributed by atoms with van der Waals surface area (Å²) in [5.41, 5.74) is 0.296. The van der Waals surface area contributed by atoms with Crippen LogP contribution in [0.3, 0.4) is 0 Å². The normalized spacial score (nSPS) is 22.5. The van der Waals surface area contributed by atoms with Crippen LogP contribution in [0.15, 0.2) is 42.5 Å². The van der Waals surface area contributed by atoms with Gasteiger partial charge in [-0.25, -0.2) is 0 Å². The zero-order chi connectivity index (χ0) is 22.3. The van der Waals surface area contributed by atoms with E-state index in [0.717, 1.165) is 36.7 Å². The Hall–Kier alpha value is -3.26. The van der Waals surface area contributed by atoms with E-state index in [1.165, 1.54) is 0 Å². The smallest absolute Gasteiger partial charge is 0.280 e. The lowest BCUT2D eigenvalue weighted by molar-refractivity contribution is -0.157. The van der Waals surface area contributed by atoms with Crippen LogP contribution in [0.2, 0.25) is 0 Å². The molecule has 5 rings (SSSR count). The maximum atomic E-state index is 13.5. The zero-order valence-electron chi connectivity index (χ0n) is 18.4. The second kappa shape index (κ2) is 8.02. The Morgan fingerprint density at radius 2 is 1.75 bits per heavy atom. The number of carbonyl (C=O) groups excluding carboxylic acids is 2. The van der Waals surface area contributed by atoms with Gasteiger partial charge in [-0.15, -0.1) is 0 Å². The fourth-order valence-corrected chi connectivity index (χ4v) is 4.55. The summed E-state index contributed by atoms with van der Waals surface area (Å²) in [4.78, 5) is 32.4. The summed E-state index contributed by atoms with van der Waals surface area (Å²) >= 11 is 0. The zero-order valence-corrected chi connectivity index (χ0v) is 18.4. The van der Waals surface area contributed by atoms with E-state index in [1.807, 2.05) is 43.3 Å². The van der Waals surface area contributed by atoms with Crippen molar-refractivity contribution >= 4 is 17.5 Å². The highest BCUT2D eigenvalue weighted by Crippen LogP contribution is 2.38. The molecule has 1 saturated heterocycles. The molecule has 1 atom stereocenters. The van der Waals surface area contributed by atoms with E-state index in [2.05, 4.69) is 4.90 Å². The van der Waals surface area contributed by atoms with Crippen molar-refractivity contribution in [3.8, 4) is 17.2 Å². The molecule has 0 aromatic heterocycles. The number of nitrogens with zero attached hydrogens (tertiary/aromatic N) is 3. The molecule has 2 aromatic carbocycles. The molecule has 8 nitrogen and oxygen atoms in total. The van der Waals surface area contributed by atoms with Crippen molar-refractivity contribution in [1.82, 2.24) is 9.80 Å². The van der Waals surface area contributed by atoms with Gasteiger partial charge in [-0.3, -0.25) is 14.5 Å². The van der Waals surface area contributed by atoms with Crippen LogP contribution >= 0.6 is 0 Å². The molecule has 32 heavy (non-hydrogen) atoms. The molecular formula is C24H27N3O5. The summed E-state index contributed by atoms with van der Waals surface area (Å²) in [5.74, 6) is 1.52. The fourth-order valence-electron chi connectivity index (χ4n) is 4.55. The number of fused-ring (bicyclic) bond motifs is 2. The Bertz CT molecular complexity index is 1050. The molecule has 0 saturated carbocycles. The van der Waals surface area contributed by atoms with Gasteiger partial charge in [0.25, 0.3) is 17.4 Å². The molecule has 3 aliphatic heterocycles. The van der Waals surface area contributed by atoms with Crippen LogP contribution in [0.4, 0.5) is 5.69 Å². The maximum Gasteiger partial charge on any atom is 0.280 e. The Kier molecular flexibility index (Phi) is 5.17. The van der Waals surface area contributed by atoms with Gasteiger partial charge in [0.2, 0.25) is 6.79 Å². The maximum absolute atomic E-state index is 13.5. The first-order chi connectivity index (χ1) is 15.5. The Morgan fingerprint density at radius 3 is 2.53 bits per heavy atom. The standard InChI is InChI=1S/C24H27N3O5/c1-3-27-18-6-4-5-7-19(18)32-24(2,23(27)29)22(28)26-12-10-25(11-13-26)15-17-8-9-20-21(14-17)31-16-30-20/h4-9,14H,3,10-13,15-16H2,1-2H3. The predicted molar refractivity (Wildman–Crippen MR) is 118 cm³/mol. The van der Waals surface area contributed by atoms with Gasteiger partial charge in [-0.05, 0) is 43.7 Å². The number of anilines is 1. The lowest BCUT2D eigenvalue weighted by Crippen LogP contribution is -2.64. The predicted octanol–water partition coefficient (Wildman–Crippen LogP) is 2.26. The minimum absolute atomic E-state index is 0.263. The molecule has 8 heteroatoms. The van der Waals surface area contributed by atoms with E-state index in [-0.39, 0.29) is 18.6 Å². The number of piperazine rings is 1. The first-order valence-corrected chi connectivity index (χ1v) is 11.0. The summed E-state index contributed by atoms with van der Waals surface area (Å²) < 4.78 is 16.9. The molecular weight excluding hydrogens is 410 g/mol. The summed E-state index contributed by atoms with van der Waals surface area (Å²) in [6, 6.07) is 13.3. The Labute approximate surface area is 187 Å². The van der Waals surface area contributed by atoms with E-state index < -0.39 is 5.60 Å². The first kappa shape index (κ1) is 20.6. The number of benzene rings is 2. The number of carbonyl (C=O) groups is 2. The van der Waals surface area contributed by atoms with Crippen molar-refractivity contribution in [3.63, 3.8) is 0 Å². The summed E-state index contributed by atoms with van der Waals surface area (Å²) in [6.07, 6.45) is 0.